The van der Waals surface area contributed by atoms with Crippen molar-refractivity contribution in [2.24, 2.45) is 0 Å². The summed E-state index contributed by atoms with van der Waals surface area (Å²) in [5.41, 5.74) is 2.41. The van der Waals surface area contributed by atoms with E-state index in [1.165, 1.54) is 0 Å². The minimum Gasteiger partial charge on any atom is -0.489 e. The van der Waals surface area contributed by atoms with Gasteiger partial charge in [0.2, 0.25) is 5.79 Å². The summed E-state index contributed by atoms with van der Waals surface area (Å²) in [5, 5.41) is 11.1. The highest BCUT2D eigenvalue weighted by Gasteiger charge is 2.45. The second-order valence-corrected chi connectivity index (χ2v) is 13.7. The van der Waals surface area contributed by atoms with Crippen LogP contribution in [0.15, 0.2) is 49.1 Å². The quantitative estimate of drug-likeness (QED) is 0.265. The number of hydrogen-bond donors (Lipinski definition) is 1. The van der Waals surface area contributed by atoms with Crippen LogP contribution in [0.1, 0.15) is 49.9 Å². The van der Waals surface area contributed by atoms with Crippen molar-refractivity contribution in [2.45, 2.75) is 64.1 Å². The normalized spacial score (nSPS) is 22.3. The summed E-state index contributed by atoms with van der Waals surface area (Å²) in [7, 11) is 0. The SMILES string of the molecule is Cc1cc(C(CC(=O)O)N2CCN(C(C)(C)C)CC2)cc(Cl)c1OC[C@@H]1CO[C@@](Cn2ccnc2)(c2ccc(Cl)cc2Cl)O1. The van der Waals surface area contributed by atoms with Gasteiger partial charge in [-0.05, 0) is 57.0 Å². The van der Waals surface area contributed by atoms with Crippen LogP contribution in [-0.4, -0.2) is 81.5 Å². The van der Waals surface area contributed by atoms with E-state index < -0.39 is 17.9 Å². The Bertz CT molecular complexity index is 1430. The van der Waals surface area contributed by atoms with Gasteiger partial charge in [0, 0.05) is 60.7 Å². The molecule has 1 unspecified atom stereocenters. The monoisotopic (exact) mass is 664 g/mol. The molecular formula is C32H39Cl3N4O5. The van der Waals surface area contributed by atoms with Crippen LogP contribution in [-0.2, 0) is 26.6 Å². The van der Waals surface area contributed by atoms with Crippen molar-refractivity contribution in [2.75, 3.05) is 39.4 Å². The Balaban J connectivity index is 1.30. The van der Waals surface area contributed by atoms with Crippen molar-refractivity contribution in [1.82, 2.24) is 19.4 Å². The summed E-state index contributed by atoms with van der Waals surface area (Å²) in [6.07, 6.45) is 4.78. The van der Waals surface area contributed by atoms with Crippen molar-refractivity contribution < 1.29 is 24.1 Å². The Morgan fingerprint density at radius 1 is 1.14 bits per heavy atom. The number of carbonyl (C=O) groups is 1. The van der Waals surface area contributed by atoms with Gasteiger partial charge in [-0.25, -0.2) is 4.98 Å². The molecule has 44 heavy (non-hydrogen) atoms. The van der Waals surface area contributed by atoms with Crippen molar-refractivity contribution in [3.63, 3.8) is 0 Å². The maximum atomic E-state index is 11.9. The van der Waals surface area contributed by atoms with Gasteiger partial charge in [0.05, 0.1) is 35.9 Å². The first kappa shape index (κ1) is 33.0. The number of nitrogens with zero attached hydrogens (tertiary/aromatic N) is 4. The largest absolute Gasteiger partial charge is 0.489 e. The van der Waals surface area contributed by atoms with Crippen LogP contribution >= 0.6 is 34.8 Å². The number of rotatable bonds is 10. The number of benzene rings is 2. The van der Waals surface area contributed by atoms with Gasteiger partial charge in [-0.3, -0.25) is 14.6 Å². The Labute approximate surface area is 273 Å². The van der Waals surface area contributed by atoms with Crippen LogP contribution in [0.5, 0.6) is 5.75 Å². The Morgan fingerprint density at radius 2 is 1.89 bits per heavy atom. The van der Waals surface area contributed by atoms with Gasteiger partial charge in [-0.15, -0.1) is 0 Å². The standard InChI is InChI=1S/C32H39Cl3N4O5/c1-21-13-22(28(16-29(40)41)38-9-11-39(12-10-38)31(2,3)4)14-27(35)30(21)42-17-24-18-43-32(44-24,19-37-8-7-36-20-37)25-6-5-23(33)15-26(25)34/h5-8,13-15,20,24,28H,9-12,16-19H2,1-4H3,(H,40,41)/t24-,28?,32-/m1/s1. The van der Waals surface area contributed by atoms with E-state index in [4.69, 9.17) is 49.0 Å². The van der Waals surface area contributed by atoms with Gasteiger partial charge in [-0.1, -0.05) is 46.9 Å². The average molecular weight is 666 g/mol. The van der Waals surface area contributed by atoms with Gasteiger partial charge in [-0.2, -0.15) is 0 Å². The molecule has 2 saturated heterocycles. The molecule has 2 aromatic carbocycles. The number of piperazine rings is 1. The highest BCUT2D eigenvalue weighted by atomic mass is 35.5. The van der Waals surface area contributed by atoms with Gasteiger partial charge >= 0.3 is 5.97 Å². The Morgan fingerprint density at radius 3 is 2.50 bits per heavy atom. The molecule has 12 heteroatoms. The molecule has 3 heterocycles. The van der Waals surface area contributed by atoms with Crippen molar-refractivity contribution in [3.8, 4) is 5.75 Å². The molecule has 3 aromatic rings. The Kier molecular flexibility index (Phi) is 10.2. The first-order valence-corrected chi connectivity index (χ1v) is 15.8. The Hall–Kier alpha value is -2.37. The maximum absolute atomic E-state index is 11.9. The van der Waals surface area contributed by atoms with Gasteiger partial charge in [0.1, 0.15) is 18.5 Å². The molecule has 0 bridgehead atoms. The molecule has 2 fully saturated rings. The molecule has 9 nitrogen and oxygen atoms in total. The smallest absolute Gasteiger partial charge is 0.305 e. The topological polar surface area (TPSA) is 89.3 Å². The summed E-state index contributed by atoms with van der Waals surface area (Å²) < 4.78 is 20.9. The number of aromatic nitrogens is 2. The summed E-state index contributed by atoms with van der Waals surface area (Å²) >= 11 is 19.6. The van der Waals surface area contributed by atoms with E-state index >= 15 is 0 Å². The van der Waals surface area contributed by atoms with E-state index in [0.29, 0.717) is 32.9 Å². The van der Waals surface area contributed by atoms with E-state index in [1.54, 1.807) is 30.7 Å². The van der Waals surface area contributed by atoms with Crippen LogP contribution < -0.4 is 4.74 Å². The first-order valence-electron chi connectivity index (χ1n) is 14.7. The van der Waals surface area contributed by atoms with E-state index in [9.17, 15) is 9.90 Å². The van der Waals surface area contributed by atoms with Crippen molar-refractivity contribution in [1.29, 1.82) is 0 Å². The van der Waals surface area contributed by atoms with Crippen LogP contribution in [0.3, 0.4) is 0 Å². The number of imidazole rings is 1. The number of hydrogen-bond acceptors (Lipinski definition) is 7. The molecule has 0 saturated carbocycles. The zero-order valence-corrected chi connectivity index (χ0v) is 27.7. The fourth-order valence-electron chi connectivity index (χ4n) is 6.01. The second kappa shape index (κ2) is 13.5. The molecular weight excluding hydrogens is 627 g/mol. The summed E-state index contributed by atoms with van der Waals surface area (Å²) in [4.78, 5) is 20.7. The fraction of sp³-hybridized carbons (Fsp3) is 0.500. The lowest BCUT2D eigenvalue weighted by Crippen LogP contribution is -2.54. The molecule has 2 aliphatic heterocycles. The van der Waals surface area contributed by atoms with Crippen LogP contribution in [0.25, 0.3) is 0 Å². The molecule has 238 valence electrons. The number of ether oxygens (including phenoxy) is 3. The summed E-state index contributed by atoms with van der Waals surface area (Å²) in [6.45, 7) is 12.6. The minimum atomic E-state index is -1.17. The van der Waals surface area contributed by atoms with Crippen molar-refractivity contribution >= 4 is 40.8 Å². The van der Waals surface area contributed by atoms with E-state index in [0.717, 1.165) is 37.3 Å². The molecule has 2 aliphatic rings. The molecule has 0 spiro atoms. The number of aliphatic carboxylic acids is 1. The van der Waals surface area contributed by atoms with Crippen LogP contribution in [0.2, 0.25) is 15.1 Å². The lowest BCUT2D eigenvalue weighted by molar-refractivity contribution is -0.189. The van der Waals surface area contributed by atoms with Crippen molar-refractivity contribution in [3.05, 3.63) is 80.8 Å². The number of carboxylic acid groups (broad SMARTS) is 1. The summed E-state index contributed by atoms with van der Waals surface area (Å²) in [6, 6.07) is 8.74. The molecule has 1 aromatic heterocycles. The lowest BCUT2D eigenvalue weighted by Gasteiger charge is -2.44. The minimum absolute atomic E-state index is 0.00893. The molecule has 3 atom stereocenters. The maximum Gasteiger partial charge on any atom is 0.305 e. The van der Waals surface area contributed by atoms with Gasteiger partial charge < -0.3 is 23.9 Å². The highest BCUT2D eigenvalue weighted by molar-refractivity contribution is 6.35. The predicted molar refractivity (Wildman–Crippen MR) is 171 cm³/mol. The van der Waals surface area contributed by atoms with E-state index in [1.807, 2.05) is 29.8 Å². The van der Waals surface area contributed by atoms with E-state index in [-0.39, 0.29) is 31.2 Å². The predicted octanol–water partition coefficient (Wildman–Crippen LogP) is 6.43. The number of halogens is 3. The average Bonchev–Trinajstić information content (AvgIpc) is 3.61. The fourth-order valence-corrected chi connectivity index (χ4v) is 6.89. The molecule has 0 aliphatic carbocycles. The lowest BCUT2D eigenvalue weighted by atomic mass is 9.97. The zero-order chi connectivity index (χ0) is 31.6. The zero-order valence-electron chi connectivity index (χ0n) is 25.4. The van der Waals surface area contributed by atoms with Crippen LogP contribution in [0.4, 0.5) is 0 Å². The molecule has 5 rings (SSSR count). The third kappa shape index (κ3) is 7.53. The number of carboxylic acids is 1. The molecule has 0 radical (unpaired) electrons. The third-order valence-electron chi connectivity index (χ3n) is 8.27. The van der Waals surface area contributed by atoms with Crippen LogP contribution in [0, 0.1) is 6.92 Å². The molecule has 1 N–H and O–H groups in total. The third-order valence-corrected chi connectivity index (χ3v) is 9.10. The summed E-state index contributed by atoms with van der Waals surface area (Å²) in [5.74, 6) is -1.48. The highest BCUT2D eigenvalue weighted by Crippen LogP contribution is 2.41. The second-order valence-electron chi connectivity index (χ2n) is 12.4. The number of aryl methyl sites for hydroxylation is 1. The van der Waals surface area contributed by atoms with E-state index in [2.05, 4.69) is 35.6 Å². The van der Waals surface area contributed by atoms with Gasteiger partial charge in [0.15, 0.2) is 0 Å². The first-order chi connectivity index (χ1) is 20.8. The van der Waals surface area contributed by atoms with Gasteiger partial charge in [0.25, 0.3) is 0 Å². The molecule has 0 amide bonds.